The van der Waals surface area contributed by atoms with Gasteiger partial charge in [-0.05, 0) is 54.1 Å². The molecule has 1 aliphatic heterocycles. The van der Waals surface area contributed by atoms with Crippen LogP contribution in [0.5, 0.6) is 5.75 Å². The molecule has 1 aliphatic carbocycles. The van der Waals surface area contributed by atoms with Gasteiger partial charge in [0.1, 0.15) is 5.75 Å². The highest BCUT2D eigenvalue weighted by Gasteiger charge is 2.45. The Hall–Kier alpha value is -1.85. The molecule has 4 nitrogen and oxygen atoms in total. The quantitative estimate of drug-likeness (QED) is 0.781. The van der Waals surface area contributed by atoms with Gasteiger partial charge in [0, 0.05) is 30.7 Å². The summed E-state index contributed by atoms with van der Waals surface area (Å²) in [5, 5.41) is 7.77. The highest BCUT2D eigenvalue weighted by Crippen LogP contribution is 2.43. The topological polar surface area (TPSA) is 47.6 Å². The molecule has 1 aromatic heterocycles. The minimum absolute atomic E-state index is 0.0861. The highest BCUT2D eigenvalue weighted by molar-refractivity contribution is 7.08. The summed E-state index contributed by atoms with van der Waals surface area (Å²) in [6.45, 7) is 1.91. The Bertz CT molecular complexity index is 790. The lowest BCUT2D eigenvalue weighted by Gasteiger charge is -2.38. The molecular formula is C23H29NO3S. The normalized spacial score (nSPS) is 20.6. The second-order valence-corrected chi connectivity index (χ2v) is 8.86. The summed E-state index contributed by atoms with van der Waals surface area (Å²) < 4.78 is 11.2. The molecule has 1 saturated carbocycles. The number of methoxy groups -OCH3 is 1. The molecule has 0 radical (unpaired) electrons. The fraction of sp³-hybridized carbons (Fsp3) is 0.522. The zero-order valence-corrected chi connectivity index (χ0v) is 17.4. The first-order valence-corrected chi connectivity index (χ1v) is 11.2. The van der Waals surface area contributed by atoms with Gasteiger partial charge < -0.3 is 14.8 Å². The van der Waals surface area contributed by atoms with Crippen LogP contribution in [0, 0.1) is 0 Å². The van der Waals surface area contributed by atoms with Crippen molar-refractivity contribution >= 4 is 17.2 Å². The fourth-order valence-electron chi connectivity index (χ4n) is 4.98. The number of hydrogen-bond acceptors (Lipinski definition) is 4. The van der Waals surface area contributed by atoms with Gasteiger partial charge >= 0.3 is 0 Å². The standard InChI is InChI=1S/C23H29NO3S/c1-26-20-7-3-2-6-19(20)23(11-13-27-14-12-23)21(25)24-17-22(9-4-5-10-22)18-8-15-28-16-18/h2-3,6-8,15-16H,4-5,9-14,17H2,1H3,(H,24,25). The highest BCUT2D eigenvalue weighted by atomic mass is 32.1. The first kappa shape index (κ1) is 19.5. The first-order valence-electron chi connectivity index (χ1n) is 10.2. The molecule has 0 spiro atoms. The van der Waals surface area contributed by atoms with Crippen molar-refractivity contribution in [1.29, 1.82) is 0 Å². The molecule has 2 aliphatic rings. The minimum atomic E-state index is -0.584. The molecular weight excluding hydrogens is 370 g/mol. The van der Waals surface area contributed by atoms with Gasteiger partial charge in [0.15, 0.2) is 0 Å². The molecule has 1 N–H and O–H groups in total. The average molecular weight is 400 g/mol. The number of hydrogen-bond donors (Lipinski definition) is 1. The van der Waals surface area contributed by atoms with Crippen LogP contribution in [0.15, 0.2) is 41.1 Å². The monoisotopic (exact) mass is 399 g/mol. The Morgan fingerprint density at radius 3 is 2.57 bits per heavy atom. The van der Waals surface area contributed by atoms with Crippen molar-refractivity contribution in [2.75, 3.05) is 26.9 Å². The lowest BCUT2D eigenvalue weighted by molar-refractivity contribution is -0.130. The fourth-order valence-corrected chi connectivity index (χ4v) is 5.76. The Balaban J connectivity index is 1.60. The molecule has 28 heavy (non-hydrogen) atoms. The van der Waals surface area contributed by atoms with Gasteiger partial charge in [-0.25, -0.2) is 0 Å². The molecule has 0 atom stereocenters. The maximum atomic E-state index is 13.6. The molecule has 4 rings (SSSR count). The van der Waals surface area contributed by atoms with E-state index in [0.717, 1.165) is 24.2 Å². The summed E-state index contributed by atoms with van der Waals surface area (Å²) in [7, 11) is 1.67. The summed E-state index contributed by atoms with van der Waals surface area (Å²) in [4.78, 5) is 13.6. The number of rotatable bonds is 6. The Kier molecular flexibility index (Phi) is 5.74. The van der Waals surface area contributed by atoms with E-state index in [1.165, 1.54) is 18.4 Å². The zero-order valence-electron chi connectivity index (χ0n) is 16.5. The van der Waals surface area contributed by atoms with Crippen molar-refractivity contribution in [1.82, 2.24) is 5.32 Å². The summed E-state index contributed by atoms with van der Waals surface area (Å²) in [5.74, 6) is 0.898. The molecule has 1 saturated heterocycles. The molecule has 2 heterocycles. The van der Waals surface area contributed by atoms with Gasteiger partial charge in [-0.1, -0.05) is 31.0 Å². The number of carbonyl (C=O) groups is 1. The molecule has 1 amide bonds. The van der Waals surface area contributed by atoms with E-state index in [1.807, 2.05) is 24.3 Å². The third-order valence-electron chi connectivity index (χ3n) is 6.69. The Labute approximate surface area is 171 Å². The maximum absolute atomic E-state index is 13.6. The Morgan fingerprint density at radius 1 is 1.14 bits per heavy atom. The zero-order chi connectivity index (χ0) is 19.5. The molecule has 2 fully saturated rings. The van der Waals surface area contributed by atoms with E-state index in [1.54, 1.807) is 18.4 Å². The van der Waals surface area contributed by atoms with Gasteiger partial charge in [0.2, 0.25) is 5.91 Å². The van der Waals surface area contributed by atoms with Gasteiger partial charge in [-0.3, -0.25) is 4.79 Å². The van der Waals surface area contributed by atoms with Crippen LogP contribution in [0.25, 0.3) is 0 Å². The van der Waals surface area contributed by atoms with Crippen molar-refractivity contribution in [3.8, 4) is 5.75 Å². The van der Waals surface area contributed by atoms with Crippen LogP contribution < -0.4 is 10.1 Å². The van der Waals surface area contributed by atoms with Crippen LogP contribution in [-0.4, -0.2) is 32.8 Å². The van der Waals surface area contributed by atoms with Crippen molar-refractivity contribution < 1.29 is 14.3 Å². The van der Waals surface area contributed by atoms with Crippen LogP contribution in [-0.2, 0) is 20.4 Å². The second kappa shape index (κ2) is 8.26. The summed E-state index contributed by atoms with van der Waals surface area (Å²) in [5.41, 5.74) is 1.87. The SMILES string of the molecule is COc1ccccc1C1(C(=O)NCC2(c3ccsc3)CCCC2)CCOCC1. The molecule has 5 heteroatoms. The molecule has 150 valence electrons. The number of amides is 1. The van der Waals surface area contributed by atoms with E-state index in [2.05, 4.69) is 22.1 Å². The predicted molar refractivity (Wildman–Crippen MR) is 112 cm³/mol. The predicted octanol–water partition coefficient (Wildman–Crippen LogP) is 4.43. The van der Waals surface area contributed by atoms with E-state index in [4.69, 9.17) is 9.47 Å². The number of nitrogens with one attached hydrogen (secondary N) is 1. The van der Waals surface area contributed by atoms with Crippen molar-refractivity contribution in [3.05, 3.63) is 52.2 Å². The smallest absolute Gasteiger partial charge is 0.231 e. The maximum Gasteiger partial charge on any atom is 0.231 e. The van der Waals surface area contributed by atoms with E-state index in [9.17, 15) is 4.79 Å². The Morgan fingerprint density at radius 2 is 1.89 bits per heavy atom. The van der Waals surface area contributed by atoms with Crippen LogP contribution in [0.1, 0.15) is 49.7 Å². The minimum Gasteiger partial charge on any atom is -0.496 e. The summed E-state index contributed by atoms with van der Waals surface area (Å²) in [6, 6.07) is 10.2. The summed E-state index contributed by atoms with van der Waals surface area (Å²) >= 11 is 1.74. The second-order valence-electron chi connectivity index (χ2n) is 8.08. The lowest BCUT2D eigenvalue weighted by Crippen LogP contribution is -2.51. The number of carbonyl (C=O) groups excluding carboxylic acids is 1. The third-order valence-corrected chi connectivity index (χ3v) is 7.37. The van der Waals surface area contributed by atoms with E-state index >= 15 is 0 Å². The van der Waals surface area contributed by atoms with Crippen molar-refractivity contribution in [3.63, 3.8) is 0 Å². The van der Waals surface area contributed by atoms with E-state index in [-0.39, 0.29) is 11.3 Å². The van der Waals surface area contributed by atoms with E-state index < -0.39 is 5.41 Å². The average Bonchev–Trinajstić information content (AvgIpc) is 3.45. The lowest BCUT2D eigenvalue weighted by atomic mass is 9.72. The van der Waals surface area contributed by atoms with Gasteiger partial charge in [0.05, 0.1) is 12.5 Å². The first-order chi connectivity index (χ1) is 13.7. The molecule has 1 aromatic carbocycles. The molecule has 2 aromatic rings. The number of thiophene rings is 1. The number of ether oxygens (including phenoxy) is 2. The van der Waals surface area contributed by atoms with Crippen molar-refractivity contribution in [2.45, 2.75) is 49.4 Å². The van der Waals surface area contributed by atoms with Crippen molar-refractivity contribution in [2.24, 2.45) is 0 Å². The third kappa shape index (κ3) is 3.46. The number of para-hydroxylation sites is 1. The number of benzene rings is 1. The van der Waals surface area contributed by atoms with Gasteiger partial charge in [-0.15, -0.1) is 0 Å². The van der Waals surface area contributed by atoms with E-state index in [0.29, 0.717) is 32.6 Å². The van der Waals surface area contributed by atoms with Gasteiger partial charge in [0.25, 0.3) is 0 Å². The largest absolute Gasteiger partial charge is 0.496 e. The summed E-state index contributed by atoms with van der Waals surface area (Å²) in [6.07, 6.45) is 6.13. The van der Waals surface area contributed by atoms with Crippen LogP contribution in [0.4, 0.5) is 0 Å². The van der Waals surface area contributed by atoms with Gasteiger partial charge in [-0.2, -0.15) is 11.3 Å². The molecule has 0 unspecified atom stereocenters. The van der Waals surface area contributed by atoms with Crippen LogP contribution in [0.2, 0.25) is 0 Å². The van der Waals surface area contributed by atoms with Crippen LogP contribution >= 0.6 is 11.3 Å². The van der Waals surface area contributed by atoms with Crippen LogP contribution in [0.3, 0.4) is 0 Å². The molecule has 0 bridgehead atoms.